The van der Waals surface area contributed by atoms with Gasteiger partial charge in [0.05, 0.1) is 26.0 Å². The number of carbonyl (C=O) groups excluding carboxylic acids is 1. The molecule has 4 aromatic rings. The summed E-state index contributed by atoms with van der Waals surface area (Å²) < 4.78 is 18.0. The number of carbonyl (C=O) groups is 1. The van der Waals surface area contributed by atoms with Crippen LogP contribution in [0.1, 0.15) is 39.2 Å². The molecule has 9 heteroatoms. The van der Waals surface area contributed by atoms with E-state index in [0.717, 1.165) is 50.4 Å². The number of amides is 1. The van der Waals surface area contributed by atoms with Gasteiger partial charge in [0.1, 0.15) is 12.1 Å². The molecule has 1 aliphatic heterocycles. The van der Waals surface area contributed by atoms with Crippen LogP contribution in [0.4, 0.5) is 5.82 Å². The van der Waals surface area contributed by atoms with E-state index in [1.54, 1.807) is 25.3 Å². The minimum Gasteiger partial charge on any atom is -0.353 e. The van der Waals surface area contributed by atoms with Gasteiger partial charge in [-0.15, -0.1) is 0 Å². The normalized spacial score (nSPS) is 16.0. The van der Waals surface area contributed by atoms with Gasteiger partial charge in [-0.2, -0.15) is 5.10 Å². The lowest BCUT2D eigenvalue weighted by Crippen LogP contribution is -2.50. The fraction of sp³-hybridized carbons (Fsp3) is 0.462. The molecule has 5 rings (SSSR count). The Morgan fingerprint density at radius 3 is 2.60 bits per heavy atom. The summed E-state index contributed by atoms with van der Waals surface area (Å²) in [7, 11) is 3.16. The largest absolute Gasteiger partial charge is 0.353 e. The van der Waals surface area contributed by atoms with E-state index in [4.69, 9.17) is 7.73 Å². The number of likely N-dealkylation sites (N-methyl/N-ethyl adjacent to an activating group) is 1. The first kappa shape index (κ1) is 20.9. The van der Waals surface area contributed by atoms with Crippen molar-refractivity contribution in [2.45, 2.75) is 33.6 Å². The van der Waals surface area contributed by atoms with Crippen molar-refractivity contribution in [1.82, 2.24) is 34.4 Å². The summed E-state index contributed by atoms with van der Waals surface area (Å²) in [5.74, 6) is 0.607. The molecule has 1 N–H and O–H groups in total. The zero-order valence-corrected chi connectivity index (χ0v) is 21.3. The Labute approximate surface area is 208 Å². The molecule has 0 radical (unpaired) electrons. The van der Waals surface area contributed by atoms with Crippen molar-refractivity contribution in [2.75, 3.05) is 51.7 Å². The van der Waals surface area contributed by atoms with Gasteiger partial charge in [0.15, 0.2) is 5.65 Å². The summed E-state index contributed by atoms with van der Waals surface area (Å²) in [4.78, 5) is 30.9. The van der Waals surface area contributed by atoms with Gasteiger partial charge in [-0.25, -0.2) is 14.5 Å². The maximum Gasteiger partial charge on any atom is 0.236 e. The summed E-state index contributed by atoms with van der Waals surface area (Å²) in [6, 6.07) is 4.09. The molecule has 35 heavy (non-hydrogen) atoms. The fourth-order valence-electron chi connectivity index (χ4n) is 4.88. The van der Waals surface area contributed by atoms with E-state index in [1.165, 1.54) is 4.90 Å². The number of aryl methyl sites for hydroxylation is 1. The average Bonchev–Trinajstić information content (AvgIpc) is 3.50. The molecule has 1 amide bonds. The molecule has 4 aromatic heterocycles. The molecular formula is C26H34N8O. The first-order chi connectivity index (χ1) is 17.5. The van der Waals surface area contributed by atoms with Crippen LogP contribution in [0.5, 0.6) is 0 Å². The number of aromatic amines is 1. The summed E-state index contributed by atoms with van der Waals surface area (Å²) in [6.07, 6.45) is 3.61. The lowest BCUT2D eigenvalue weighted by atomic mass is 9.95. The molecule has 0 aliphatic carbocycles. The number of aromatic nitrogens is 5. The van der Waals surface area contributed by atoms with Crippen LogP contribution in [0.15, 0.2) is 24.7 Å². The van der Waals surface area contributed by atoms with E-state index >= 15 is 0 Å². The summed E-state index contributed by atoms with van der Waals surface area (Å²) in [6.45, 7) is 8.65. The molecule has 1 fully saturated rings. The highest BCUT2D eigenvalue weighted by Crippen LogP contribution is 2.37. The van der Waals surface area contributed by atoms with Crippen molar-refractivity contribution in [1.29, 1.82) is 0 Å². The Kier molecular flexibility index (Phi) is 5.34. The number of piperazine rings is 1. The van der Waals surface area contributed by atoms with Crippen LogP contribution < -0.4 is 4.90 Å². The summed E-state index contributed by atoms with van der Waals surface area (Å²) in [5, 5.41) is 4.37. The third kappa shape index (κ3) is 4.14. The second kappa shape index (κ2) is 8.96. The fourth-order valence-corrected chi connectivity index (χ4v) is 4.88. The minimum atomic E-state index is -2.02. The topological polar surface area (TPSA) is 85.7 Å². The molecule has 0 aromatic carbocycles. The van der Waals surface area contributed by atoms with Crippen LogP contribution in [-0.2, 0) is 4.79 Å². The van der Waals surface area contributed by atoms with Gasteiger partial charge in [0, 0.05) is 43.5 Å². The highest BCUT2D eigenvalue weighted by atomic mass is 16.2. The third-order valence-electron chi connectivity index (χ3n) is 6.85. The Morgan fingerprint density at radius 1 is 1.17 bits per heavy atom. The lowest BCUT2D eigenvalue weighted by Gasteiger charge is -2.36. The third-order valence-corrected chi connectivity index (χ3v) is 6.85. The van der Waals surface area contributed by atoms with Crippen LogP contribution in [0.2, 0.25) is 0 Å². The van der Waals surface area contributed by atoms with Gasteiger partial charge < -0.3 is 19.7 Å². The van der Waals surface area contributed by atoms with Gasteiger partial charge in [0.25, 0.3) is 0 Å². The van der Waals surface area contributed by atoms with Crippen LogP contribution >= 0.6 is 0 Å². The zero-order valence-electron chi connectivity index (χ0n) is 23.3. The average molecular weight is 477 g/mol. The molecule has 5 heterocycles. The van der Waals surface area contributed by atoms with E-state index < -0.39 is 12.4 Å². The highest BCUT2D eigenvalue weighted by Gasteiger charge is 2.24. The number of fused-ring (bicyclic) bond motifs is 2. The SMILES string of the molecule is [2H]C([2H])(C(=O)N1CCN(c2ccc3[nH]c(-c4cn5ncnc5c(C)c4C)c(C(C)C)c3n2)CC1)N(C)C. The van der Waals surface area contributed by atoms with E-state index in [-0.39, 0.29) is 5.92 Å². The van der Waals surface area contributed by atoms with Gasteiger partial charge in [0.2, 0.25) is 5.91 Å². The van der Waals surface area contributed by atoms with Crippen molar-refractivity contribution in [2.24, 2.45) is 0 Å². The number of rotatable bonds is 5. The van der Waals surface area contributed by atoms with Crippen molar-refractivity contribution < 1.29 is 7.54 Å². The molecule has 0 saturated carbocycles. The van der Waals surface area contributed by atoms with Gasteiger partial charge in [-0.1, -0.05) is 13.8 Å². The standard InChI is InChI=1S/C26H34N8O/c1-16(2)23-24(19-13-34-26(27-15-28-34)18(4)17(19)3)29-20-7-8-21(30-25(20)23)32-9-11-33(12-10-32)22(35)14-31(5)6/h7-8,13,15-16,29H,9-12,14H2,1-6H3/i14D2. The van der Waals surface area contributed by atoms with Crippen LogP contribution in [-0.4, -0.2) is 87.0 Å². The molecule has 0 bridgehead atoms. The zero-order chi connectivity index (χ0) is 26.6. The summed E-state index contributed by atoms with van der Waals surface area (Å²) >= 11 is 0. The number of H-pyrrole nitrogens is 1. The molecular weight excluding hydrogens is 440 g/mol. The van der Waals surface area contributed by atoms with E-state index in [1.807, 2.05) is 16.8 Å². The van der Waals surface area contributed by atoms with Crippen LogP contribution in [0.3, 0.4) is 0 Å². The van der Waals surface area contributed by atoms with E-state index in [2.05, 4.69) is 53.7 Å². The molecule has 9 nitrogen and oxygen atoms in total. The van der Waals surface area contributed by atoms with Crippen molar-refractivity contribution in [3.8, 4) is 11.3 Å². The van der Waals surface area contributed by atoms with Crippen molar-refractivity contribution >= 4 is 28.4 Å². The minimum absolute atomic E-state index is 0.236. The number of pyridine rings is 2. The Morgan fingerprint density at radius 2 is 1.91 bits per heavy atom. The van der Waals surface area contributed by atoms with Gasteiger partial charge in [-0.05, 0) is 57.1 Å². The first-order valence-corrected chi connectivity index (χ1v) is 12.0. The second-order valence-electron chi connectivity index (χ2n) is 9.74. The predicted molar refractivity (Wildman–Crippen MR) is 139 cm³/mol. The maximum absolute atomic E-state index is 12.7. The van der Waals surface area contributed by atoms with Crippen LogP contribution in [0, 0.1) is 13.8 Å². The lowest BCUT2D eigenvalue weighted by molar-refractivity contribution is -0.132. The maximum atomic E-state index is 12.7. The number of hydrogen-bond donors (Lipinski definition) is 1. The smallest absolute Gasteiger partial charge is 0.236 e. The number of nitrogens with zero attached hydrogens (tertiary/aromatic N) is 7. The predicted octanol–water partition coefficient (Wildman–Crippen LogP) is 3.22. The van der Waals surface area contributed by atoms with Crippen molar-refractivity contribution in [3.63, 3.8) is 0 Å². The van der Waals surface area contributed by atoms with Gasteiger partial charge in [-0.3, -0.25) is 4.79 Å². The highest BCUT2D eigenvalue weighted by molar-refractivity contribution is 5.90. The Hall–Kier alpha value is -3.46. The quantitative estimate of drug-likeness (QED) is 0.476. The molecule has 184 valence electrons. The van der Waals surface area contributed by atoms with Gasteiger partial charge >= 0.3 is 0 Å². The van der Waals surface area contributed by atoms with E-state index in [9.17, 15) is 4.79 Å². The van der Waals surface area contributed by atoms with Crippen LogP contribution in [0.25, 0.3) is 27.9 Å². The number of anilines is 1. The molecule has 1 aliphatic rings. The Balaban J connectivity index is 1.48. The Bertz CT molecular complexity index is 1480. The van der Waals surface area contributed by atoms with E-state index in [0.29, 0.717) is 26.2 Å². The van der Waals surface area contributed by atoms with Crippen molar-refractivity contribution in [3.05, 3.63) is 41.3 Å². The number of nitrogens with one attached hydrogen (secondary N) is 1. The number of hydrogen-bond acceptors (Lipinski definition) is 6. The molecule has 0 unspecified atom stereocenters. The molecule has 0 spiro atoms. The monoisotopic (exact) mass is 476 g/mol. The summed E-state index contributed by atoms with van der Waals surface area (Å²) in [5.41, 5.74) is 8.34. The molecule has 0 atom stereocenters. The second-order valence-corrected chi connectivity index (χ2v) is 9.74. The molecule has 1 saturated heterocycles. The first-order valence-electron chi connectivity index (χ1n) is 13.0.